The van der Waals surface area contributed by atoms with Gasteiger partial charge in [0.2, 0.25) is 0 Å². The van der Waals surface area contributed by atoms with Crippen LogP contribution < -0.4 is 4.90 Å². The topological polar surface area (TPSA) is 40.5 Å². The predicted octanol–water partition coefficient (Wildman–Crippen LogP) is 3.21. The van der Waals surface area contributed by atoms with Crippen molar-refractivity contribution in [1.82, 2.24) is 0 Å². The highest BCUT2D eigenvalue weighted by Crippen LogP contribution is 2.37. The molecule has 0 bridgehead atoms. The van der Waals surface area contributed by atoms with Gasteiger partial charge in [-0.3, -0.25) is 4.79 Å². The highest BCUT2D eigenvalue weighted by atomic mass is 16.3. The fourth-order valence-electron chi connectivity index (χ4n) is 2.61. The summed E-state index contributed by atoms with van der Waals surface area (Å²) >= 11 is 0. The van der Waals surface area contributed by atoms with Gasteiger partial charge in [-0.1, -0.05) is 45.0 Å². The summed E-state index contributed by atoms with van der Waals surface area (Å²) in [6, 6.07) is 11.7. The maximum Gasteiger partial charge on any atom is 0.259 e. The summed E-state index contributed by atoms with van der Waals surface area (Å²) in [4.78, 5) is 14.3. The number of β-amino-alcohol motifs (C(OH)–C–C–N with tert-alkyl or cyclic N) is 1. The lowest BCUT2D eigenvalue weighted by Gasteiger charge is -2.30. The van der Waals surface area contributed by atoms with Crippen LogP contribution in [0.2, 0.25) is 0 Å². The van der Waals surface area contributed by atoms with Crippen LogP contribution in [0.1, 0.15) is 31.1 Å². The van der Waals surface area contributed by atoms with Crippen molar-refractivity contribution in [1.29, 1.82) is 0 Å². The summed E-state index contributed by atoms with van der Waals surface area (Å²) in [6.45, 7) is 6.26. The van der Waals surface area contributed by atoms with E-state index < -0.39 is 6.10 Å². The molecule has 1 heterocycles. The van der Waals surface area contributed by atoms with Crippen LogP contribution >= 0.6 is 0 Å². The van der Waals surface area contributed by atoms with Gasteiger partial charge in [0.1, 0.15) is 0 Å². The molecule has 1 amide bonds. The van der Waals surface area contributed by atoms with Gasteiger partial charge in [0.05, 0.1) is 18.3 Å². The maximum absolute atomic E-state index is 12.6. The third-order valence-corrected chi connectivity index (χ3v) is 4.00. The van der Waals surface area contributed by atoms with E-state index in [1.54, 1.807) is 4.90 Å². The average molecular weight is 269 g/mol. The zero-order valence-corrected chi connectivity index (χ0v) is 12.1. The van der Waals surface area contributed by atoms with E-state index in [2.05, 4.69) is 0 Å². The number of hydrogen-bond donors (Lipinski definition) is 1. The van der Waals surface area contributed by atoms with E-state index >= 15 is 0 Å². The Morgan fingerprint density at radius 3 is 2.45 bits per heavy atom. The quantitative estimate of drug-likeness (QED) is 0.909. The molecule has 0 aliphatic carbocycles. The van der Waals surface area contributed by atoms with E-state index in [0.717, 1.165) is 22.0 Å². The second-order valence-corrected chi connectivity index (χ2v) is 6.48. The first kappa shape index (κ1) is 13.1. The third kappa shape index (κ3) is 1.90. The van der Waals surface area contributed by atoms with Crippen LogP contribution in [0.4, 0.5) is 5.69 Å². The molecular formula is C17H19NO2. The molecule has 0 fully saturated rings. The van der Waals surface area contributed by atoms with Crippen LogP contribution in [0.15, 0.2) is 36.4 Å². The molecule has 20 heavy (non-hydrogen) atoms. The molecule has 0 saturated heterocycles. The molecule has 1 aliphatic heterocycles. The van der Waals surface area contributed by atoms with Gasteiger partial charge < -0.3 is 10.0 Å². The molecule has 0 aromatic heterocycles. The van der Waals surface area contributed by atoms with Gasteiger partial charge in [-0.05, 0) is 22.9 Å². The Labute approximate surface area is 118 Å². The van der Waals surface area contributed by atoms with Crippen molar-refractivity contribution in [3.8, 4) is 0 Å². The number of hydrogen-bond acceptors (Lipinski definition) is 2. The average Bonchev–Trinajstić information content (AvgIpc) is 2.66. The highest BCUT2D eigenvalue weighted by Gasteiger charge is 2.33. The number of benzene rings is 2. The van der Waals surface area contributed by atoms with Crippen molar-refractivity contribution < 1.29 is 9.90 Å². The lowest BCUT2D eigenvalue weighted by atomic mass is 9.89. The number of carbonyl (C=O) groups excluding carboxylic acids is 1. The summed E-state index contributed by atoms with van der Waals surface area (Å²) < 4.78 is 0. The molecule has 2 aromatic carbocycles. The zero-order valence-electron chi connectivity index (χ0n) is 12.1. The molecule has 2 aromatic rings. The van der Waals surface area contributed by atoms with Crippen molar-refractivity contribution in [2.24, 2.45) is 5.41 Å². The van der Waals surface area contributed by atoms with Crippen molar-refractivity contribution in [3.05, 3.63) is 42.0 Å². The SMILES string of the molecule is CC(C)(C)C(O)CN1C(=O)c2cccc3cccc1c23. The fraction of sp³-hybridized carbons (Fsp3) is 0.353. The molecule has 104 valence electrons. The number of aliphatic hydroxyl groups excluding tert-OH is 1. The highest BCUT2D eigenvalue weighted by molar-refractivity contribution is 6.25. The summed E-state index contributed by atoms with van der Waals surface area (Å²) in [6.07, 6.45) is -0.559. The summed E-state index contributed by atoms with van der Waals surface area (Å²) in [5.41, 5.74) is 1.40. The zero-order chi connectivity index (χ0) is 14.5. The number of carbonyl (C=O) groups is 1. The van der Waals surface area contributed by atoms with E-state index in [-0.39, 0.29) is 11.3 Å². The second kappa shape index (κ2) is 4.32. The lowest BCUT2D eigenvalue weighted by molar-refractivity contribution is 0.0656. The van der Waals surface area contributed by atoms with E-state index in [1.165, 1.54) is 0 Å². The molecule has 1 atom stereocenters. The molecular weight excluding hydrogens is 250 g/mol. The molecule has 0 saturated carbocycles. The standard InChI is InChI=1S/C17H19NO2/c1-17(2,3)14(19)10-18-13-9-5-7-11-6-4-8-12(15(11)13)16(18)20/h4-9,14,19H,10H2,1-3H3. The van der Waals surface area contributed by atoms with Gasteiger partial charge in [-0.15, -0.1) is 0 Å². The summed E-state index contributed by atoms with van der Waals surface area (Å²) in [5, 5.41) is 12.4. The van der Waals surface area contributed by atoms with E-state index in [4.69, 9.17) is 0 Å². The molecule has 0 radical (unpaired) electrons. The van der Waals surface area contributed by atoms with Crippen molar-refractivity contribution in [2.75, 3.05) is 11.4 Å². The lowest BCUT2D eigenvalue weighted by Crippen LogP contribution is -2.41. The number of anilines is 1. The van der Waals surface area contributed by atoms with Crippen molar-refractivity contribution in [2.45, 2.75) is 26.9 Å². The van der Waals surface area contributed by atoms with Gasteiger partial charge in [0.15, 0.2) is 0 Å². The first-order valence-corrected chi connectivity index (χ1v) is 6.91. The Morgan fingerprint density at radius 1 is 1.15 bits per heavy atom. The normalized spacial score (nSPS) is 16.0. The maximum atomic E-state index is 12.6. The Kier molecular flexibility index (Phi) is 2.83. The minimum absolute atomic E-state index is 0.0138. The number of aliphatic hydroxyl groups is 1. The first-order chi connectivity index (χ1) is 9.39. The molecule has 3 heteroatoms. The summed E-state index contributed by atoms with van der Waals surface area (Å²) in [5.74, 6) is -0.0138. The molecule has 3 rings (SSSR count). The Balaban J connectivity index is 2.05. The van der Waals surface area contributed by atoms with Gasteiger partial charge in [0.25, 0.3) is 5.91 Å². The smallest absolute Gasteiger partial charge is 0.259 e. The van der Waals surface area contributed by atoms with Crippen LogP contribution in [-0.4, -0.2) is 23.7 Å². The molecule has 3 nitrogen and oxygen atoms in total. The number of amides is 1. The van der Waals surface area contributed by atoms with Crippen LogP contribution in [-0.2, 0) is 0 Å². The Hall–Kier alpha value is -1.87. The number of rotatable bonds is 2. The minimum Gasteiger partial charge on any atom is -0.391 e. The third-order valence-electron chi connectivity index (χ3n) is 4.00. The first-order valence-electron chi connectivity index (χ1n) is 6.91. The minimum atomic E-state index is -0.559. The molecule has 1 unspecified atom stereocenters. The van der Waals surface area contributed by atoms with Crippen molar-refractivity contribution >= 4 is 22.4 Å². The van der Waals surface area contributed by atoms with E-state index in [9.17, 15) is 9.90 Å². The van der Waals surface area contributed by atoms with Gasteiger partial charge in [0, 0.05) is 10.9 Å². The Morgan fingerprint density at radius 2 is 1.80 bits per heavy atom. The van der Waals surface area contributed by atoms with Crippen LogP contribution in [0.3, 0.4) is 0 Å². The fourth-order valence-corrected chi connectivity index (χ4v) is 2.61. The largest absolute Gasteiger partial charge is 0.391 e. The summed E-state index contributed by atoms with van der Waals surface area (Å²) in [7, 11) is 0. The molecule has 0 spiro atoms. The molecule has 1 aliphatic rings. The second-order valence-electron chi connectivity index (χ2n) is 6.48. The van der Waals surface area contributed by atoms with E-state index in [1.807, 2.05) is 57.2 Å². The van der Waals surface area contributed by atoms with Crippen LogP contribution in [0, 0.1) is 5.41 Å². The molecule has 1 N–H and O–H groups in total. The monoisotopic (exact) mass is 269 g/mol. The van der Waals surface area contributed by atoms with Gasteiger partial charge in [-0.25, -0.2) is 0 Å². The number of nitrogens with zero attached hydrogens (tertiary/aromatic N) is 1. The van der Waals surface area contributed by atoms with E-state index in [0.29, 0.717) is 6.54 Å². The Bertz CT molecular complexity index is 680. The predicted molar refractivity (Wildman–Crippen MR) is 81.1 cm³/mol. The van der Waals surface area contributed by atoms with Gasteiger partial charge >= 0.3 is 0 Å². The van der Waals surface area contributed by atoms with Crippen LogP contribution in [0.5, 0.6) is 0 Å². The van der Waals surface area contributed by atoms with Crippen LogP contribution in [0.25, 0.3) is 10.8 Å². The van der Waals surface area contributed by atoms with Crippen molar-refractivity contribution in [3.63, 3.8) is 0 Å². The van der Waals surface area contributed by atoms with Gasteiger partial charge in [-0.2, -0.15) is 0 Å².